The van der Waals surface area contributed by atoms with Crippen molar-refractivity contribution in [2.45, 2.75) is 17.9 Å². The van der Waals surface area contributed by atoms with Crippen LogP contribution in [0.5, 0.6) is 0 Å². The molecule has 28 heavy (non-hydrogen) atoms. The highest BCUT2D eigenvalue weighted by atomic mass is 32.2. The molecule has 8 nitrogen and oxygen atoms in total. The first-order valence-electron chi connectivity index (χ1n) is 8.78. The van der Waals surface area contributed by atoms with Gasteiger partial charge >= 0.3 is 0 Å². The number of carbonyl (C=O) groups excluding carboxylic acids is 1. The van der Waals surface area contributed by atoms with E-state index < -0.39 is 10.0 Å². The number of nitrogens with one attached hydrogen (secondary N) is 2. The van der Waals surface area contributed by atoms with Crippen molar-refractivity contribution in [3.63, 3.8) is 0 Å². The number of H-pyrrole nitrogens is 1. The van der Waals surface area contributed by atoms with Crippen LogP contribution in [0.2, 0.25) is 0 Å². The fourth-order valence-corrected chi connectivity index (χ4v) is 4.35. The van der Waals surface area contributed by atoms with Gasteiger partial charge in [-0.1, -0.05) is 24.3 Å². The van der Waals surface area contributed by atoms with E-state index in [1.54, 1.807) is 30.1 Å². The summed E-state index contributed by atoms with van der Waals surface area (Å²) in [6, 6.07) is 14.3. The van der Waals surface area contributed by atoms with E-state index in [2.05, 4.69) is 19.7 Å². The number of benzene rings is 2. The topological polar surface area (TPSA) is 108 Å². The van der Waals surface area contributed by atoms with Gasteiger partial charge in [-0.3, -0.25) is 14.5 Å². The highest BCUT2D eigenvalue weighted by molar-refractivity contribution is 7.90. The summed E-state index contributed by atoms with van der Waals surface area (Å²) in [6.45, 7) is 0.551. The smallest absolute Gasteiger partial charge is 0.263 e. The molecule has 9 heteroatoms. The third-order valence-corrected chi connectivity index (χ3v) is 5.91. The highest BCUT2D eigenvalue weighted by Gasteiger charge is 2.30. The summed E-state index contributed by atoms with van der Waals surface area (Å²) in [6.07, 6.45) is 0.171. The number of aliphatic imine (C=N–C) groups is 1. The minimum Gasteiger partial charge on any atom is -0.340 e. The molecule has 3 aromatic rings. The van der Waals surface area contributed by atoms with Gasteiger partial charge in [0.25, 0.3) is 10.0 Å². The van der Waals surface area contributed by atoms with Crippen molar-refractivity contribution in [2.75, 3.05) is 13.6 Å². The van der Waals surface area contributed by atoms with Crippen LogP contribution in [-0.2, 0) is 21.4 Å². The van der Waals surface area contributed by atoms with Gasteiger partial charge in [-0.05, 0) is 24.3 Å². The van der Waals surface area contributed by atoms with Crippen molar-refractivity contribution >= 4 is 32.8 Å². The van der Waals surface area contributed by atoms with E-state index >= 15 is 0 Å². The summed E-state index contributed by atoms with van der Waals surface area (Å²) >= 11 is 0. The fourth-order valence-electron chi connectivity index (χ4n) is 3.10. The first-order chi connectivity index (χ1) is 13.4. The molecular weight excluding hydrogens is 378 g/mol. The molecule has 0 aliphatic carbocycles. The zero-order valence-electron chi connectivity index (χ0n) is 15.2. The van der Waals surface area contributed by atoms with Crippen molar-refractivity contribution in [2.24, 2.45) is 4.99 Å². The van der Waals surface area contributed by atoms with Crippen molar-refractivity contribution in [3.8, 4) is 0 Å². The van der Waals surface area contributed by atoms with Crippen molar-refractivity contribution in [1.82, 2.24) is 19.6 Å². The Hall–Kier alpha value is -3.20. The van der Waals surface area contributed by atoms with Crippen LogP contribution in [0.1, 0.15) is 17.8 Å². The van der Waals surface area contributed by atoms with Crippen LogP contribution in [0.4, 0.5) is 0 Å². The molecule has 4 rings (SSSR count). The molecule has 0 atom stereocenters. The number of hydrogen-bond donors (Lipinski definition) is 2. The molecule has 0 radical (unpaired) electrons. The molecule has 0 saturated carbocycles. The second kappa shape index (κ2) is 7.08. The summed E-state index contributed by atoms with van der Waals surface area (Å²) < 4.78 is 26.6. The number of amides is 1. The maximum absolute atomic E-state index is 12.4. The SMILES string of the molecule is CN(Cc1nc2ccccc2[nH]1)C(=O)CCN=C1NS(=O)(=O)c2ccccc21. The molecule has 1 aliphatic heterocycles. The predicted octanol–water partition coefficient (Wildman–Crippen LogP) is 1.65. The van der Waals surface area contributed by atoms with E-state index in [1.165, 1.54) is 6.07 Å². The number of imidazole rings is 1. The second-order valence-corrected chi connectivity index (χ2v) is 8.18. The van der Waals surface area contributed by atoms with Crippen LogP contribution in [-0.4, -0.2) is 48.6 Å². The zero-order chi connectivity index (χ0) is 19.7. The van der Waals surface area contributed by atoms with Gasteiger partial charge in [-0.25, -0.2) is 13.4 Å². The largest absolute Gasteiger partial charge is 0.340 e. The third kappa shape index (κ3) is 3.48. The Balaban J connectivity index is 1.38. The molecule has 0 saturated heterocycles. The molecule has 2 aromatic carbocycles. The number of para-hydroxylation sites is 2. The van der Waals surface area contributed by atoms with Gasteiger partial charge in [0.15, 0.2) is 0 Å². The quantitative estimate of drug-likeness (QED) is 0.682. The molecule has 2 heterocycles. The monoisotopic (exact) mass is 397 g/mol. The van der Waals surface area contributed by atoms with Gasteiger partial charge in [0.05, 0.1) is 29.0 Å². The zero-order valence-corrected chi connectivity index (χ0v) is 16.0. The first-order valence-corrected chi connectivity index (χ1v) is 10.3. The Morgan fingerprint density at radius 3 is 2.71 bits per heavy atom. The second-order valence-electron chi connectivity index (χ2n) is 6.53. The Kier molecular flexibility index (Phi) is 4.60. The van der Waals surface area contributed by atoms with Gasteiger partial charge in [-0.15, -0.1) is 0 Å². The van der Waals surface area contributed by atoms with E-state index in [1.807, 2.05) is 24.3 Å². The molecule has 1 aromatic heterocycles. The Morgan fingerprint density at radius 1 is 1.14 bits per heavy atom. The number of nitrogens with zero attached hydrogens (tertiary/aromatic N) is 3. The lowest BCUT2D eigenvalue weighted by atomic mass is 10.2. The number of sulfonamides is 1. The lowest BCUT2D eigenvalue weighted by molar-refractivity contribution is -0.130. The summed E-state index contributed by atoms with van der Waals surface area (Å²) in [7, 11) is -1.86. The van der Waals surface area contributed by atoms with E-state index in [9.17, 15) is 13.2 Å². The Labute approximate surface area is 162 Å². The van der Waals surface area contributed by atoms with Crippen LogP contribution < -0.4 is 4.72 Å². The number of rotatable bonds is 5. The fraction of sp³-hybridized carbons (Fsp3) is 0.211. The van der Waals surface area contributed by atoms with E-state index in [-0.39, 0.29) is 29.6 Å². The lowest BCUT2D eigenvalue weighted by Crippen LogP contribution is -2.27. The molecular formula is C19H19N5O3S. The molecule has 0 fully saturated rings. The molecule has 1 amide bonds. The van der Waals surface area contributed by atoms with Crippen LogP contribution in [0, 0.1) is 0 Å². The summed E-state index contributed by atoms with van der Waals surface area (Å²) in [5, 5.41) is 0. The number of fused-ring (bicyclic) bond motifs is 2. The molecule has 0 spiro atoms. The summed E-state index contributed by atoms with van der Waals surface area (Å²) in [5.41, 5.74) is 2.32. The maximum atomic E-state index is 12.4. The van der Waals surface area contributed by atoms with Crippen LogP contribution in [0.3, 0.4) is 0 Å². The molecule has 0 unspecified atom stereocenters. The molecule has 1 aliphatic rings. The van der Waals surface area contributed by atoms with Gasteiger partial charge in [-0.2, -0.15) is 0 Å². The highest BCUT2D eigenvalue weighted by Crippen LogP contribution is 2.22. The summed E-state index contributed by atoms with van der Waals surface area (Å²) in [4.78, 5) is 26.1. The van der Waals surface area contributed by atoms with Crippen LogP contribution in [0.25, 0.3) is 11.0 Å². The normalized spacial score (nSPS) is 16.1. The molecule has 144 valence electrons. The predicted molar refractivity (Wildman–Crippen MR) is 105 cm³/mol. The van der Waals surface area contributed by atoms with Gasteiger partial charge in [0.1, 0.15) is 11.7 Å². The van der Waals surface area contributed by atoms with E-state index in [0.717, 1.165) is 11.0 Å². The van der Waals surface area contributed by atoms with Crippen molar-refractivity contribution in [1.29, 1.82) is 0 Å². The minimum atomic E-state index is -3.56. The minimum absolute atomic E-state index is 0.0982. The average molecular weight is 397 g/mol. The lowest BCUT2D eigenvalue weighted by Gasteiger charge is -2.15. The first kappa shape index (κ1) is 18.2. The van der Waals surface area contributed by atoms with E-state index in [0.29, 0.717) is 17.9 Å². The summed E-state index contributed by atoms with van der Waals surface area (Å²) in [5.74, 6) is 0.892. The Bertz CT molecular complexity index is 1150. The average Bonchev–Trinajstić information content (AvgIpc) is 3.20. The maximum Gasteiger partial charge on any atom is 0.263 e. The van der Waals surface area contributed by atoms with Gasteiger partial charge < -0.3 is 9.88 Å². The van der Waals surface area contributed by atoms with Gasteiger partial charge in [0.2, 0.25) is 5.91 Å². The number of carbonyl (C=O) groups is 1. The van der Waals surface area contributed by atoms with Crippen LogP contribution in [0.15, 0.2) is 58.4 Å². The van der Waals surface area contributed by atoms with Crippen molar-refractivity contribution < 1.29 is 13.2 Å². The Morgan fingerprint density at radius 2 is 1.89 bits per heavy atom. The number of hydrogen-bond acceptors (Lipinski definition) is 5. The number of aromatic amines is 1. The molecule has 2 N–H and O–H groups in total. The van der Waals surface area contributed by atoms with E-state index in [4.69, 9.17) is 0 Å². The standard InChI is InChI=1S/C19H19N5O3S/c1-24(12-17-21-14-7-3-4-8-15(14)22-17)18(25)10-11-20-19-13-6-2-5-9-16(13)28(26,27)23-19/h2-9H,10-12H2,1H3,(H,20,23)(H,21,22). The third-order valence-electron chi connectivity index (χ3n) is 4.51. The van der Waals surface area contributed by atoms with Gasteiger partial charge in [0, 0.05) is 19.0 Å². The number of amidine groups is 1. The molecule has 0 bridgehead atoms. The van der Waals surface area contributed by atoms with Crippen molar-refractivity contribution in [3.05, 3.63) is 59.9 Å². The van der Waals surface area contributed by atoms with Crippen LogP contribution >= 0.6 is 0 Å². The number of aromatic nitrogens is 2.